The Balaban J connectivity index is 2.69. The van der Waals surface area contributed by atoms with Gasteiger partial charge in [0.05, 0.1) is 18.8 Å². The van der Waals surface area contributed by atoms with E-state index in [1.807, 2.05) is 24.3 Å². The van der Waals surface area contributed by atoms with E-state index in [0.29, 0.717) is 28.1 Å². The van der Waals surface area contributed by atoms with Crippen molar-refractivity contribution in [2.45, 2.75) is 60.0 Å². The fourth-order valence-corrected chi connectivity index (χ4v) is 3.80. The molecule has 1 aliphatic rings. The number of esters is 3. The molecular formula is C26H33NO6. The third-order valence-electron chi connectivity index (χ3n) is 5.00. The molecule has 1 heterocycles. The summed E-state index contributed by atoms with van der Waals surface area (Å²) in [6.45, 7) is 12.8. The highest BCUT2D eigenvalue weighted by molar-refractivity contribution is 6.07. The molecule has 0 aromatic heterocycles. The summed E-state index contributed by atoms with van der Waals surface area (Å²) in [4.78, 5) is 42.8. The maximum Gasteiger partial charge on any atom is 0.337 e. The van der Waals surface area contributed by atoms with Crippen molar-refractivity contribution < 1.29 is 28.6 Å². The van der Waals surface area contributed by atoms with Crippen LogP contribution in [0.15, 0.2) is 46.6 Å². The molecule has 1 aliphatic heterocycles. The minimum Gasteiger partial charge on any atom is -0.465 e. The Morgan fingerprint density at radius 1 is 1.03 bits per heavy atom. The molecule has 0 radical (unpaired) electrons. The lowest BCUT2D eigenvalue weighted by molar-refractivity contribution is -0.151. The van der Waals surface area contributed by atoms with Crippen molar-refractivity contribution in [3.05, 3.63) is 52.7 Å². The van der Waals surface area contributed by atoms with Crippen molar-refractivity contribution in [3.63, 3.8) is 0 Å². The first-order chi connectivity index (χ1) is 15.5. The van der Waals surface area contributed by atoms with Crippen molar-refractivity contribution in [1.29, 1.82) is 0 Å². The van der Waals surface area contributed by atoms with E-state index in [9.17, 15) is 14.4 Å². The van der Waals surface area contributed by atoms with E-state index in [4.69, 9.17) is 14.2 Å². The third kappa shape index (κ3) is 6.63. The highest BCUT2D eigenvalue weighted by atomic mass is 16.6. The summed E-state index contributed by atoms with van der Waals surface area (Å²) in [5.41, 5.74) is 1.96. The topological polar surface area (TPSA) is 91.3 Å². The Morgan fingerprint density at radius 2 is 1.67 bits per heavy atom. The summed E-state index contributed by atoms with van der Waals surface area (Å²) in [7, 11) is 0. The lowest BCUT2D eigenvalue weighted by Gasteiger charge is -2.33. The average molecular weight is 456 g/mol. The van der Waals surface area contributed by atoms with Crippen molar-refractivity contribution in [2.24, 2.45) is 10.9 Å². The molecule has 0 amide bonds. The first kappa shape index (κ1) is 26.0. The number of aliphatic imine (C=N–C) groups is 1. The number of hydrogen-bond acceptors (Lipinski definition) is 7. The predicted molar refractivity (Wildman–Crippen MR) is 127 cm³/mol. The van der Waals surface area contributed by atoms with Gasteiger partial charge in [-0.15, -0.1) is 0 Å². The summed E-state index contributed by atoms with van der Waals surface area (Å²) in [6.07, 6.45) is 2.95. The van der Waals surface area contributed by atoms with Crippen LogP contribution in [0.3, 0.4) is 0 Å². The molecule has 33 heavy (non-hydrogen) atoms. The monoisotopic (exact) mass is 455 g/mol. The van der Waals surface area contributed by atoms with Crippen LogP contribution in [0.2, 0.25) is 0 Å². The van der Waals surface area contributed by atoms with Gasteiger partial charge in [-0.05, 0) is 65.7 Å². The Labute approximate surface area is 195 Å². The second-order valence-electron chi connectivity index (χ2n) is 8.68. The van der Waals surface area contributed by atoms with Gasteiger partial charge in [-0.2, -0.15) is 0 Å². The first-order valence-corrected chi connectivity index (χ1v) is 11.1. The first-order valence-electron chi connectivity index (χ1n) is 11.1. The van der Waals surface area contributed by atoms with E-state index in [1.165, 1.54) is 6.08 Å². The Bertz CT molecular complexity index is 996. The normalized spacial score (nSPS) is 18.7. The minimum atomic E-state index is -0.812. The van der Waals surface area contributed by atoms with Gasteiger partial charge in [-0.1, -0.05) is 24.3 Å². The van der Waals surface area contributed by atoms with Crippen LogP contribution in [-0.2, 0) is 28.6 Å². The molecule has 2 atom stereocenters. The molecule has 1 aromatic rings. The molecule has 2 unspecified atom stereocenters. The molecule has 7 heteroatoms. The second-order valence-corrected chi connectivity index (χ2v) is 8.68. The van der Waals surface area contributed by atoms with Gasteiger partial charge in [-0.25, -0.2) is 9.59 Å². The Hall–Kier alpha value is -3.22. The molecule has 7 nitrogen and oxygen atoms in total. The van der Waals surface area contributed by atoms with Gasteiger partial charge in [0, 0.05) is 23.4 Å². The number of carbonyl (C=O) groups excluding carboxylic acids is 3. The van der Waals surface area contributed by atoms with Crippen LogP contribution < -0.4 is 0 Å². The standard InChI is InChI=1S/C26H33NO6/c1-8-31-20(28)15-14-18-12-10-11-13-19(18)23-21(24(29)32-9-2)16(3)27-17(4)22(23)25(30)33-26(5,6)7/h10-15,21,23H,8-9H2,1-7H3. The highest BCUT2D eigenvalue weighted by Gasteiger charge is 2.43. The number of carbonyl (C=O) groups is 3. The number of nitrogens with zero attached hydrogens (tertiary/aromatic N) is 1. The van der Waals surface area contributed by atoms with Gasteiger partial charge in [0.1, 0.15) is 11.5 Å². The average Bonchev–Trinajstić information content (AvgIpc) is 2.70. The van der Waals surface area contributed by atoms with Crippen molar-refractivity contribution in [1.82, 2.24) is 0 Å². The summed E-state index contributed by atoms with van der Waals surface area (Å²) in [5.74, 6) is -3.00. The van der Waals surface area contributed by atoms with Crippen molar-refractivity contribution in [3.8, 4) is 0 Å². The third-order valence-corrected chi connectivity index (χ3v) is 5.00. The minimum absolute atomic E-state index is 0.199. The van der Waals surface area contributed by atoms with Crippen molar-refractivity contribution >= 4 is 29.7 Å². The smallest absolute Gasteiger partial charge is 0.337 e. The summed E-state index contributed by atoms with van der Waals surface area (Å²) < 4.78 is 16.0. The molecule has 0 aliphatic carbocycles. The van der Waals surface area contributed by atoms with Crippen LogP contribution >= 0.6 is 0 Å². The largest absolute Gasteiger partial charge is 0.465 e. The van der Waals surface area contributed by atoms with E-state index in [2.05, 4.69) is 4.99 Å². The molecule has 0 bridgehead atoms. The Kier molecular flexibility index (Phi) is 8.74. The van der Waals surface area contributed by atoms with Crippen LogP contribution in [0, 0.1) is 5.92 Å². The van der Waals surface area contributed by atoms with E-state index < -0.39 is 35.3 Å². The predicted octanol–water partition coefficient (Wildman–Crippen LogP) is 4.62. The van der Waals surface area contributed by atoms with E-state index in [-0.39, 0.29) is 13.2 Å². The molecule has 0 saturated carbocycles. The lowest BCUT2D eigenvalue weighted by Crippen LogP contribution is -2.38. The molecule has 0 fully saturated rings. The Morgan fingerprint density at radius 3 is 2.27 bits per heavy atom. The highest BCUT2D eigenvalue weighted by Crippen LogP contribution is 2.42. The van der Waals surface area contributed by atoms with Gasteiger partial charge < -0.3 is 14.2 Å². The zero-order chi connectivity index (χ0) is 24.8. The van der Waals surface area contributed by atoms with Crippen LogP contribution in [0.4, 0.5) is 0 Å². The van der Waals surface area contributed by atoms with Gasteiger partial charge in [0.2, 0.25) is 0 Å². The van der Waals surface area contributed by atoms with Crippen LogP contribution in [0.5, 0.6) is 0 Å². The lowest BCUT2D eigenvalue weighted by atomic mass is 9.74. The number of ether oxygens (including phenoxy) is 3. The van der Waals surface area contributed by atoms with Crippen LogP contribution in [0.1, 0.15) is 65.5 Å². The second kappa shape index (κ2) is 11.1. The molecule has 2 rings (SSSR count). The number of benzene rings is 1. The molecule has 1 aromatic carbocycles. The quantitative estimate of drug-likeness (QED) is 0.339. The van der Waals surface area contributed by atoms with Gasteiger partial charge >= 0.3 is 17.9 Å². The molecular weight excluding hydrogens is 422 g/mol. The SMILES string of the molecule is CCOC(=O)C=Cc1ccccc1C1C(C(=O)OC(C)(C)C)=C(C)N=C(C)C1C(=O)OCC. The zero-order valence-electron chi connectivity index (χ0n) is 20.4. The number of rotatable bonds is 7. The number of hydrogen-bond donors (Lipinski definition) is 0. The van der Waals surface area contributed by atoms with E-state index in [0.717, 1.165) is 0 Å². The van der Waals surface area contributed by atoms with Gasteiger partial charge in [0.15, 0.2) is 0 Å². The number of allylic oxidation sites excluding steroid dienone is 1. The molecule has 0 saturated heterocycles. The van der Waals surface area contributed by atoms with Gasteiger partial charge in [-0.3, -0.25) is 9.79 Å². The van der Waals surface area contributed by atoms with E-state index >= 15 is 0 Å². The fraction of sp³-hybridized carbons (Fsp3) is 0.462. The van der Waals surface area contributed by atoms with Gasteiger partial charge in [0.25, 0.3) is 0 Å². The zero-order valence-corrected chi connectivity index (χ0v) is 20.4. The fourth-order valence-electron chi connectivity index (χ4n) is 3.80. The summed E-state index contributed by atoms with van der Waals surface area (Å²) >= 11 is 0. The van der Waals surface area contributed by atoms with E-state index in [1.54, 1.807) is 54.5 Å². The molecule has 0 N–H and O–H groups in total. The summed E-state index contributed by atoms with van der Waals surface area (Å²) in [5, 5.41) is 0. The molecule has 0 spiro atoms. The van der Waals surface area contributed by atoms with Crippen molar-refractivity contribution in [2.75, 3.05) is 13.2 Å². The maximum atomic E-state index is 13.3. The summed E-state index contributed by atoms with van der Waals surface area (Å²) in [6, 6.07) is 7.29. The molecule has 178 valence electrons. The maximum absolute atomic E-state index is 13.3. The van der Waals surface area contributed by atoms with Crippen LogP contribution in [-0.4, -0.2) is 42.4 Å². The van der Waals surface area contributed by atoms with Crippen LogP contribution in [0.25, 0.3) is 6.08 Å².